The van der Waals surface area contributed by atoms with E-state index in [1.165, 1.54) is 0 Å². The van der Waals surface area contributed by atoms with Crippen LogP contribution in [-0.4, -0.2) is 18.7 Å². The molecule has 0 aromatic heterocycles. The molecule has 0 aliphatic rings. The minimum atomic E-state index is -3.33. The van der Waals surface area contributed by atoms with Crippen LogP contribution in [0.3, 0.4) is 0 Å². The van der Waals surface area contributed by atoms with Crippen LogP contribution < -0.4 is 10.5 Å². The van der Waals surface area contributed by atoms with E-state index in [0.29, 0.717) is 11.3 Å². The van der Waals surface area contributed by atoms with E-state index in [4.69, 9.17) is 18.0 Å². The van der Waals surface area contributed by atoms with E-state index >= 15 is 0 Å². The summed E-state index contributed by atoms with van der Waals surface area (Å²) >= 11 is 4.82. The van der Waals surface area contributed by atoms with E-state index in [-0.39, 0.29) is 4.99 Å². The predicted molar refractivity (Wildman–Crippen MR) is 70.0 cm³/mol. The maximum Gasteiger partial charge on any atom is 0.235 e. The average Bonchev–Trinajstić information content (AvgIpc) is 2.17. The number of nitrogens with two attached hydrogens (primary N) is 1. The van der Waals surface area contributed by atoms with Crippen molar-refractivity contribution in [3.63, 3.8) is 0 Å². The Balaban J connectivity index is 2.99. The lowest BCUT2D eigenvalue weighted by molar-refractivity contribution is 0.593. The first-order valence-corrected chi connectivity index (χ1v) is 6.70. The summed E-state index contributed by atoms with van der Waals surface area (Å²) < 4.78 is 25.7. The maximum absolute atomic E-state index is 11.6. The smallest absolute Gasteiger partial charge is 0.235 e. The van der Waals surface area contributed by atoms with Gasteiger partial charge in [-0.15, -0.1) is 0 Å². The lowest BCUT2D eigenvalue weighted by atomic mass is 10.2. The van der Waals surface area contributed by atoms with E-state index < -0.39 is 15.3 Å². The summed E-state index contributed by atoms with van der Waals surface area (Å²) in [5, 5.41) is -0.485. The summed E-state index contributed by atoms with van der Waals surface area (Å²) in [5.74, 6) is 0. The molecule has 1 aromatic carbocycles. The SMILES string of the molecule is CC(C)S(=O)(=O)Nc1cccc(C(N)=S)c1. The lowest BCUT2D eigenvalue weighted by Crippen LogP contribution is -2.22. The maximum atomic E-state index is 11.6. The van der Waals surface area contributed by atoms with Crippen LogP contribution in [0.4, 0.5) is 5.69 Å². The number of rotatable bonds is 4. The Morgan fingerprint density at radius 2 is 2.06 bits per heavy atom. The molecule has 1 rings (SSSR count). The predicted octanol–water partition coefficient (Wildman–Crippen LogP) is 1.47. The highest BCUT2D eigenvalue weighted by atomic mass is 32.2. The fourth-order valence-electron chi connectivity index (χ4n) is 1.02. The molecule has 0 spiro atoms. The third kappa shape index (κ3) is 3.18. The fraction of sp³-hybridized carbons (Fsp3) is 0.300. The average molecular weight is 258 g/mol. The molecular formula is C10H14N2O2S2. The minimum Gasteiger partial charge on any atom is -0.389 e. The number of anilines is 1. The molecule has 0 heterocycles. The van der Waals surface area contributed by atoms with E-state index in [0.717, 1.165) is 0 Å². The van der Waals surface area contributed by atoms with Crippen LogP contribution in [0.1, 0.15) is 19.4 Å². The molecule has 0 radical (unpaired) electrons. The van der Waals surface area contributed by atoms with E-state index in [1.54, 1.807) is 38.1 Å². The van der Waals surface area contributed by atoms with Crippen LogP contribution in [-0.2, 0) is 10.0 Å². The second-order valence-electron chi connectivity index (χ2n) is 3.64. The van der Waals surface area contributed by atoms with Crippen LogP contribution in [0.25, 0.3) is 0 Å². The van der Waals surface area contributed by atoms with Gasteiger partial charge in [-0.2, -0.15) is 0 Å². The molecule has 0 bridgehead atoms. The highest BCUT2D eigenvalue weighted by Crippen LogP contribution is 2.14. The van der Waals surface area contributed by atoms with Crippen molar-refractivity contribution in [3.8, 4) is 0 Å². The standard InChI is InChI=1S/C10H14N2O2S2/c1-7(2)16(13,14)12-9-5-3-4-8(6-9)10(11)15/h3-7,12H,1-2H3,(H2,11,15). The third-order valence-corrected chi connectivity index (χ3v) is 4.02. The molecule has 6 heteroatoms. The molecule has 0 aliphatic carbocycles. The Labute approximate surface area is 101 Å². The van der Waals surface area contributed by atoms with Gasteiger partial charge in [0.05, 0.1) is 5.25 Å². The van der Waals surface area contributed by atoms with Gasteiger partial charge in [-0.25, -0.2) is 8.42 Å². The summed E-state index contributed by atoms with van der Waals surface area (Å²) in [6.07, 6.45) is 0. The first-order chi connectivity index (χ1) is 7.33. The van der Waals surface area contributed by atoms with Crippen LogP contribution in [0.15, 0.2) is 24.3 Å². The van der Waals surface area contributed by atoms with Crippen molar-refractivity contribution in [2.45, 2.75) is 19.1 Å². The van der Waals surface area contributed by atoms with Gasteiger partial charge in [0, 0.05) is 11.3 Å². The zero-order valence-corrected chi connectivity index (χ0v) is 10.7. The summed E-state index contributed by atoms with van der Waals surface area (Å²) in [4.78, 5) is 0.241. The number of sulfonamides is 1. The lowest BCUT2D eigenvalue weighted by Gasteiger charge is -2.11. The Bertz CT molecular complexity index is 495. The van der Waals surface area contributed by atoms with Gasteiger partial charge in [-0.05, 0) is 26.0 Å². The Morgan fingerprint density at radius 1 is 1.44 bits per heavy atom. The van der Waals surface area contributed by atoms with Crippen LogP contribution in [0.2, 0.25) is 0 Å². The van der Waals surface area contributed by atoms with Crippen LogP contribution in [0.5, 0.6) is 0 Å². The van der Waals surface area contributed by atoms with Gasteiger partial charge < -0.3 is 5.73 Å². The molecule has 0 aliphatic heterocycles. The van der Waals surface area contributed by atoms with Gasteiger partial charge in [0.1, 0.15) is 4.99 Å². The molecule has 0 amide bonds. The van der Waals surface area contributed by atoms with Crippen molar-refractivity contribution in [2.24, 2.45) is 5.73 Å². The number of thiocarbonyl (C=S) groups is 1. The number of benzene rings is 1. The van der Waals surface area contributed by atoms with Gasteiger partial charge >= 0.3 is 0 Å². The van der Waals surface area contributed by atoms with Gasteiger partial charge in [0.15, 0.2) is 0 Å². The Morgan fingerprint density at radius 3 is 2.56 bits per heavy atom. The molecule has 0 saturated carbocycles. The number of nitrogens with one attached hydrogen (secondary N) is 1. The molecule has 0 saturated heterocycles. The van der Waals surface area contributed by atoms with Crippen molar-refractivity contribution >= 4 is 32.9 Å². The van der Waals surface area contributed by atoms with Crippen LogP contribution in [0, 0.1) is 0 Å². The summed E-state index contributed by atoms with van der Waals surface area (Å²) in [7, 11) is -3.33. The normalized spacial score (nSPS) is 11.4. The van der Waals surface area contributed by atoms with E-state index in [9.17, 15) is 8.42 Å². The summed E-state index contributed by atoms with van der Waals surface area (Å²) in [6.45, 7) is 3.22. The fourth-order valence-corrected chi connectivity index (χ4v) is 1.84. The molecule has 88 valence electrons. The molecule has 3 N–H and O–H groups in total. The van der Waals surface area contributed by atoms with Crippen LogP contribution >= 0.6 is 12.2 Å². The Hall–Kier alpha value is -1.14. The van der Waals surface area contributed by atoms with Crippen molar-refractivity contribution < 1.29 is 8.42 Å². The van der Waals surface area contributed by atoms with E-state index in [2.05, 4.69) is 4.72 Å². The quantitative estimate of drug-likeness (QED) is 0.802. The first-order valence-electron chi connectivity index (χ1n) is 4.74. The van der Waals surface area contributed by atoms with Gasteiger partial charge in [-0.3, -0.25) is 4.72 Å². The molecule has 1 aromatic rings. The first kappa shape index (κ1) is 12.9. The zero-order valence-electron chi connectivity index (χ0n) is 9.10. The summed E-state index contributed by atoms with van der Waals surface area (Å²) in [5.41, 5.74) is 6.57. The van der Waals surface area contributed by atoms with Crippen molar-refractivity contribution in [3.05, 3.63) is 29.8 Å². The molecule has 0 atom stereocenters. The van der Waals surface area contributed by atoms with E-state index in [1.807, 2.05) is 0 Å². The van der Waals surface area contributed by atoms with Gasteiger partial charge in [-0.1, -0.05) is 24.4 Å². The molecule has 16 heavy (non-hydrogen) atoms. The second kappa shape index (κ2) is 4.80. The highest BCUT2D eigenvalue weighted by molar-refractivity contribution is 7.93. The Kier molecular flexibility index (Phi) is 3.88. The van der Waals surface area contributed by atoms with Crippen molar-refractivity contribution in [1.82, 2.24) is 0 Å². The molecule has 4 nitrogen and oxygen atoms in total. The largest absolute Gasteiger partial charge is 0.389 e. The highest BCUT2D eigenvalue weighted by Gasteiger charge is 2.15. The monoisotopic (exact) mass is 258 g/mol. The molecular weight excluding hydrogens is 244 g/mol. The summed E-state index contributed by atoms with van der Waals surface area (Å²) in [6, 6.07) is 6.70. The number of hydrogen-bond acceptors (Lipinski definition) is 3. The zero-order chi connectivity index (χ0) is 12.3. The second-order valence-corrected chi connectivity index (χ2v) is 6.32. The van der Waals surface area contributed by atoms with Crippen molar-refractivity contribution in [2.75, 3.05) is 4.72 Å². The van der Waals surface area contributed by atoms with Crippen molar-refractivity contribution in [1.29, 1.82) is 0 Å². The minimum absolute atomic E-state index is 0.241. The third-order valence-electron chi connectivity index (χ3n) is 2.03. The van der Waals surface area contributed by atoms with Gasteiger partial charge in [0.2, 0.25) is 10.0 Å². The number of hydrogen-bond donors (Lipinski definition) is 2. The topological polar surface area (TPSA) is 72.2 Å². The molecule has 0 unspecified atom stereocenters. The molecule has 0 fully saturated rings. The van der Waals surface area contributed by atoms with Gasteiger partial charge in [0.25, 0.3) is 0 Å².